The van der Waals surface area contributed by atoms with E-state index in [1.54, 1.807) is 0 Å². The second-order valence-electron chi connectivity index (χ2n) is 2.06. The molecule has 1 rings (SSSR count). The molecular formula is C4H8N2O5. The van der Waals surface area contributed by atoms with Gasteiger partial charge in [-0.2, -0.15) is 0 Å². The lowest BCUT2D eigenvalue weighted by atomic mass is 10.5. The number of hydrogen-bond donors (Lipinski definition) is 5. The number of nitrogens with one attached hydrogen (secondary N) is 1. The summed E-state index contributed by atoms with van der Waals surface area (Å²) in [6, 6.07) is -0.931. The third-order valence-electron chi connectivity index (χ3n) is 1.32. The van der Waals surface area contributed by atoms with E-state index in [0.717, 1.165) is 0 Å². The average Bonchev–Trinajstić information content (AvgIpc) is 2.07. The van der Waals surface area contributed by atoms with E-state index in [9.17, 15) is 4.79 Å². The van der Waals surface area contributed by atoms with Crippen molar-refractivity contribution in [2.75, 3.05) is 0 Å². The Morgan fingerprint density at radius 1 is 1.45 bits per heavy atom. The summed E-state index contributed by atoms with van der Waals surface area (Å²) < 4.78 is 0. The molecule has 1 heterocycles. The molecule has 2 unspecified atom stereocenters. The summed E-state index contributed by atoms with van der Waals surface area (Å²) in [7, 11) is 0. The molecule has 7 nitrogen and oxygen atoms in total. The molecule has 2 atom stereocenters. The first-order valence-electron chi connectivity index (χ1n) is 2.85. The van der Waals surface area contributed by atoms with Gasteiger partial charge in [0.15, 0.2) is 12.5 Å². The van der Waals surface area contributed by atoms with Gasteiger partial charge < -0.3 is 25.7 Å². The van der Waals surface area contributed by atoms with Crippen molar-refractivity contribution in [3.05, 3.63) is 0 Å². The van der Waals surface area contributed by atoms with E-state index in [4.69, 9.17) is 20.4 Å². The van der Waals surface area contributed by atoms with Gasteiger partial charge in [0.05, 0.1) is 0 Å². The summed E-state index contributed by atoms with van der Waals surface area (Å²) in [5, 5.41) is 36.4. The zero-order chi connectivity index (χ0) is 8.59. The summed E-state index contributed by atoms with van der Waals surface area (Å²) in [4.78, 5) is 10.9. The monoisotopic (exact) mass is 164 g/mol. The summed E-state index contributed by atoms with van der Waals surface area (Å²) in [5.41, 5.74) is 0. The molecule has 0 radical (unpaired) electrons. The van der Waals surface area contributed by atoms with Crippen LogP contribution in [0.25, 0.3) is 0 Å². The SMILES string of the molecule is O=C1NC(O)C(O)N1C(O)O. The Bertz CT molecular complexity index is 172. The average molecular weight is 164 g/mol. The zero-order valence-electron chi connectivity index (χ0n) is 5.38. The van der Waals surface area contributed by atoms with E-state index in [2.05, 4.69) is 0 Å². The molecule has 1 aliphatic rings. The molecule has 5 N–H and O–H groups in total. The largest absolute Gasteiger partial charge is 0.369 e. The normalized spacial score (nSPS) is 31.4. The van der Waals surface area contributed by atoms with Crippen LogP contribution >= 0.6 is 0 Å². The minimum Gasteiger partial charge on any atom is -0.369 e. The number of nitrogens with zero attached hydrogens (tertiary/aromatic N) is 1. The van der Waals surface area contributed by atoms with Crippen LogP contribution < -0.4 is 5.32 Å². The van der Waals surface area contributed by atoms with Crippen LogP contribution in [-0.2, 0) is 0 Å². The highest BCUT2D eigenvalue weighted by atomic mass is 16.5. The highest BCUT2D eigenvalue weighted by molar-refractivity contribution is 5.76. The van der Waals surface area contributed by atoms with Crippen LogP contribution in [0.5, 0.6) is 0 Å². The maximum Gasteiger partial charge on any atom is 0.325 e. The Morgan fingerprint density at radius 3 is 2.18 bits per heavy atom. The summed E-state index contributed by atoms with van der Waals surface area (Å²) in [6.45, 7) is 0. The lowest BCUT2D eigenvalue weighted by Gasteiger charge is -2.20. The number of rotatable bonds is 1. The van der Waals surface area contributed by atoms with Gasteiger partial charge in [-0.1, -0.05) is 0 Å². The van der Waals surface area contributed by atoms with Crippen molar-refractivity contribution in [3.63, 3.8) is 0 Å². The Morgan fingerprint density at radius 2 is 2.00 bits per heavy atom. The second-order valence-corrected chi connectivity index (χ2v) is 2.06. The molecular weight excluding hydrogens is 156 g/mol. The van der Waals surface area contributed by atoms with Crippen molar-refractivity contribution < 1.29 is 25.2 Å². The van der Waals surface area contributed by atoms with E-state index in [1.165, 1.54) is 0 Å². The Hall–Kier alpha value is -0.890. The van der Waals surface area contributed by atoms with Gasteiger partial charge in [0.2, 0.25) is 6.41 Å². The molecule has 0 aromatic heterocycles. The molecule has 1 aliphatic heterocycles. The third kappa shape index (κ3) is 1.26. The minimum absolute atomic E-state index is 0.296. The maximum atomic E-state index is 10.6. The maximum absolute atomic E-state index is 10.6. The van der Waals surface area contributed by atoms with E-state index in [0.29, 0.717) is 4.90 Å². The number of aliphatic hydroxyl groups excluding tert-OH is 3. The first-order chi connectivity index (χ1) is 5.04. The highest BCUT2D eigenvalue weighted by Gasteiger charge is 2.40. The molecule has 64 valence electrons. The molecule has 0 bridgehead atoms. The lowest BCUT2D eigenvalue weighted by molar-refractivity contribution is -0.184. The van der Waals surface area contributed by atoms with Crippen LogP contribution in [0.3, 0.4) is 0 Å². The van der Waals surface area contributed by atoms with E-state index in [-0.39, 0.29) is 0 Å². The molecule has 0 aromatic carbocycles. The zero-order valence-corrected chi connectivity index (χ0v) is 5.38. The predicted molar refractivity (Wildman–Crippen MR) is 30.6 cm³/mol. The van der Waals surface area contributed by atoms with Crippen molar-refractivity contribution in [2.24, 2.45) is 0 Å². The predicted octanol–water partition coefficient (Wildman–Crippen LogP) is -3.08. The highest BCUT2D eigenvalue weighted by Crippen LogP contribution is 2.10. The van der Waals surface area contributed by atoms with Crippen LogP contribution in [0.4, 0.5) is 4.79 Å². The van der Waals surface area contributed by atoms with Crippen LogP contribution in [0.1, 0.15) is 0 Å². The molecule has 1 saturated heterocycles. The smallest absolute Gasteiger partial charge is 0.325 e. The molecule has 1 fully saturated rings. The molecule has 2 amide bonds. The van der Waals surface area contributed by atoms with Gasteiger partial charge in [0, 0.05) is 0 Å². The standard InChI is InChI=1S/C4H8N2O5/c7-1-2(8)6(4(10)11)3(9)5-1/h1-2,4,7-8,10-11H,(H,5,9). The molecule has 0 aromatic rings. The van der Waals surface area contributed by atoms with Gasteiger partial charge in [0.25, 0.3) is 0 Å². The van der Waals surface area contributed by atoms with Gasteiger partial charge in [0.1, 0.15) is 0 Å². The first-order valence-corrected chi connectivity index (χ1v) is 2.85. The lowest BCUT2D eigenvalue weighted by Crippen LogP contribution is -2.43. The fourth-order valence-electron chi connectivity index (χ4n) is 0.789. The fourth-order valence-corrected chi connectivity index (χ4v) is 0.789. The Kier molecular flexibility index (Phi) is 1.96. The summed E-state index contributed by atoms with van der Waals surface area (Å²) in [5.74, 6) is 0. The number of hydrogen-bond acceptors (Lipinski definition) is 5. The second kappa shape index (κ2) is 2.62. The van der Waals surface area contributed by atoms with Gasteiger partial charge >= 0.3 is 6.03 Å². The van der Waals surface area contributed by atoms with Gasteiger partial charge in [-0.25, -0.2) is 9.69 Å². The first kappa shape index (κ1) is 8.21. The number of carbonyl (C=O) groups excluding carboxylic acids is 1. The van der Waals surface area contributed by atoms with E-state index >= 15 is 0 Å². The van der Waals surface area contributed by atoms with Crippen molar-refractivity contribution >= 4 is 6.03 Å². The number of aliphatic hydroxyl groups is 4. The van der Waals surface area contributed by atoms with Gasteiger partial charge in [-0.15, -0.1) is 0 Å². The van der Waals surface area contributed by atoms with E-state index in [1.807, 2.05) is 5.32 Å². The van der Waals surface area contributed by atoms with Crippen LogP contribution in [0.15, 0.2) is 0 Å². The van der Waals surface area contributed by atoms with Crippen LogP contribution in [0, 0.1) is 0 Å². The Balaban J connectivity index is 2.71. The molecule has 0 saturated carbocycles. The third-order valence-corrected chi connectivity index (χ3v) is 1.32. The van der Waals surface area contributed by atoms with Crippen LogP contribution in [0.2, 0.25) is 0 Å². The van der Waals surface area contributed by atoms with E-state index < -0.39 is 24.9 Å². The van der Waals surface area contributed by atoms with Gasteiger partial charge in [-0.05, 0) is 0 Å². The molecule has 0 spiro atoms. The quantitative estimate of drug-likeness (QED) is 0.264. The minimum atomic E-state index is -2.11. The number of urea groups is 1. The van der Waals surface area contributed by atoms with Crippen molar-refractivity contribution in [1.82, 2.24) is 10.2 Å². The number of amides is 2. The van der Waals surface area contributed by atoms with Crippen molar-refractivity contribution in [3.8, 4) is 0 Å². The van der Waals surface area contributed by atoms with Crippen molar-refractivity contribution in [1.29, 1.82) is 0 Å². The summed E-state index contributed by atoms with van der Waals surface area (Å²) >= 11 is 0. The van der Waals surface area contributed by atoms with Gasteiger partial charge in [-0.3, -0.25) is 0 Å². The fraction of sp³-hybridized carbons (Fsp3) is 0.750. The Labute approximate surface area is 61.5 Å². The topological polar surface area (TPSA) is 113 Å². The molecule has 7 heteroatoms. The number of carbonyl (C=O) groups is 1. The van der Waals surface area contributed by atoms with Crippen molar-refractivity contribution in [2.45, 2.75) is 18.9 Å². The molecule has 11 heavy (non-hydrogen) atoms. The van der Waals surface area contributed by atoms with Crippen LogP contribution in [-0.4, -0.2) is 50.2 Å². The molecule has 0 aliphatic carbocycles. The summed E-state index contributed by atoms with van der Waals surface area (Å²) in [6.07, 6.45) is -5.21.